The van der Waals surface area contributed by atoms with Gasteiger partial charge in [0.05, 0.1) is 0 Å². The molecule has 3 heteroatoms. The van der Waals surface area contributed by atoms with Gasteiger partial charge in [0.15, 0.2) is 0 Å². The number of rotatable bonds is 4. The Hall–Kier alpha value is -0.570. The van der Waals surface area contributed by atoms with E-state index in [4.69, 9.17) is 17.3 Å². The van der Waals surface area contributed by atoms with Gasteiger partial charge in [0, 0.05) is 23.1 Å². The van der Waals surface area contributed by atoms with Crippen LogP contribution in [-0.2, 0) is 0 Å². The van der Waals surface area contributed by atoms with Crippen molar-refractivity contribution >= 4 is 11.6 Å². The summed E-state index contributed by atoms with van der Waals surface area (Å²) in [6.07, 6.45) is 3.58. The van der Waals surface area contributed by atoms with E-state index in [1.54, 1.807) is 0 Å². The molecule has 1 aliphatic carbocycles. The Labute approximate surface area is 109 Å². The van der Waals surface area contributed by atoms with Crippen molar-refractivity contribution in [3.63, 3.8) is 0 Å². The summed E-state index contributed by atoms with van der Waals surface area (Å²) in [5.74, 6) is 0. The van der Waals surface area contributed by atoms with Crippen LogP contribution in [0.4, 0.5) is 0 Å². The van der Waals surface area contributed by atoms with Crippen molar-refractivity contribution in [1.29, 1.82) is 0 Å². The summed E-state index contributed by atoms with van der Waals surface area (Å²) in [5, 5.41) is 0.800. The molecule has 1 unspecified atom stereocenters. The number of nitrogens with zero attached hydrogens (tertiary/aromatic N) is 1. The molecule has 0 heterocycles. The minimum absolute atomic E-state index is 0.0432. The third kappa shape index (κ3) is 3.01. The molecule has 0 bridgehead atoms. The van der Waals surface area contributed by atoms with Gasteiger partial charge in [-0.15, -0.1) is 0 Å². The fourth-order valence-electron chi connectivity index (χ4n) is 2.44. The summed E-state index contributed by atoms with van der Waals surface area (Å²) < 4.78 is 0. The van der Waals surface area contributed by atoms with Crippen molar-refractivity contribution in [1.82, 2.24) is 4.90 Å². The standard InChI is InChI=1S/C14H21ClN2/c1-11(12-5-3-6-13(15)9-12)17(2)10-14(16)7-4-8-14/h3,5-6,9,11H,4,7-8,10,16H2,1-2H3. The first-order valence-electron chi connectivity index (χ1n) is 6.25. The maximum Gasteiger partial charge on any atom is 0.0409 e. The van der Waals surface area contributed by atoms with Crippen molar-refractivity contribution in [3.8, 4) is 0 Å². The van der Waals surface area contributed by atoms with E-state index < -0.39 is 0 Å². The third-order valence-corrected chi connectivity index (χ3v) is 4.14. The Bertz CT molecular complexity index is 388. The van der Waals surface area contributed by atoms with Crippen LogP contribution in [0, 0.1) is 0 Å². The van der Waals surface area contributed by atoms with E-state index >= 15 is 0 Å². The lowest BCUT2D eigenvalue weighted by molar-refractivity contribution is 0.138. The molecule has 1 aromatic rings. The van der Waals surface area contributed by atoms with E-state index in [0.29, 0.717) is 6.04 Å². The fourth-order valence-corrected chi connectivity index (χ4v) is 2.64. The lowest BCUT2D eigenvalue weighted by Gasteiger charge is -2.42. The third-order valence-electron chi connectivity index (χ3n) is 3.91. The first kappa shape index (κ1) is 12.9. The molecule has 2 rings (SSSR count). The summed E-state index contributed by atoms with van der Waals surface area (Å²) in [6.45, 7) is 3.16. The van der Waals surface area contributed by atoms with E-state index in [0.717, 1.165) is 24.4 Å². The van der Waals surface area contributed by atoms with Crippen LogP contribution in [0.5, 0.6) is 0 Å². The topological polar surface area (TPSA) is 29.3 Å². The van der Waals surface area contributed by atoms with Gasteiger partial charge in [-0.05, 0) is 50.9 Å². The Morgan fingerprint density at radius 2 is 2.18 bits per heavy atom. The molecule has 1 aromatic carbocycles. The molecule has 0 aromatic heterocycles. The molecule has 1 atom stereocenters. The van der Waals surface area contributed by atoms with E-state index in [1.165, 1.54) is 12.0 Å². The normalized spacial score (nSPS) is 20.1. The Morgan fingerprint density at radius 3 is 2.71 bits per heavy atom. The second-order valence-corrected chi connectivity index (χ2v) is 5.80. The highest BCUT2D eigenvalue weighted by molar-refractivity contribution is 6.30. The molecule has 1 fully saturated rings. The van der Waals surface area contributed by atoms with E-state index in [9.17, 15) is 0 Å². The summed E-state index contributed by atoms with van der Waals surface area (Å²) >= 11 is 6.02. The average Bonchev–Trinajstić information content (AvgIpc) is 2.26. The van der Waals surface area contributed by atoms with Gasteiger partial charge in [-0.25, -0.2) is 0 Å². The highest BCUT2D eigenvalue weighted by atomic mass is 35.5. The highest BCUT2D eigenvalue weighted by Gasteiger charge is 2.34. The number of hydrogen-bond donors (Lipinski definition) is 1. The number of nitrogens with two attached hydrogens (primary N) is 1. The largest absolute Gasteiger partial charge is 0.324 e. The summed E-state index contributed by atoms with van der Waals surface area (Å²) in [7, 11) is 2.14. The second kappa shape index (κ2) is 4.97. The van der Waals surface area contributed by atoms with E-state index in [-0.39, 0.29) is 5.54 Å². The molecule has 1 aliphatic rings. The number of benzene rings is 1. The van der Waals surface area contributed by atoms with Crippen molar-refractivity contribution < 1.29 is 0 Å². The lowest BCUT2D eigenvalue weighted by Crippen LogP contribution is -2.54. The summed E-state index contributed by atoms with van der Waals surface area (Å²) in [6, 6.07) is 8.43. The Morgan fingerprint density at radius 1 is 1.47 bits per heavy atom. The summed E-state index contributed by atoms with van der Waals surface area (Å²) in [4.78, 5) is 2.32. The van der Waals surface area contributed by atoms with Crippen LogP contribution in [0.1, 0.15) is 37.8 Å². The minimum atomic E-state index is 0.0432. The molecule has 2 N–H and O–H groups in total. The quantitative estimate of drug-likeness (QED) is 0.892. The maximum atomic E-state index is 6.28. The molecule has 0 radical (unpaired) electrons. The van der Waals surface area contributed by atoms with Crippen molar-refractivity contribution in [3.05, 3.63) is 34.9 Å². The van der Waals surface area contributed by atoms with Crippen LogP contribution in [0.15, 0.2) is 24.3 Å². The zero-order chi connectivity index (χ0) is 12.5. The van der Waals surface area contributed by atoms with Crippen LogP contribution in [0.3, 0.4) is 0 Å². The minimum Gasteiger partial charge on any atom is -0.324 e. The molecule has 0 amide bonds. The predicted molar refractivity (Wildman–Crippen MR) is 73.3 cm³/mol. The van der Waals surface area contributed by atoms with E-state index in [2.05, 4.69) is 24.9 Å². The average molecular weight is 253 g/mol. The molecular formula is C14H21ClN2. The van der Waals surface area contributed by atoms with Gasteiger partial charge in [0.2, 0.25) is 0 Å². The van der Waals surface area contributed by atoms with Crippen LogP contribution in [-0.4, -0.2) is 24.0 Å². The van der Waals surface area contributed by atoms with Crippen LogP contribution in [0.25, 0.3) is 0 Å². The molecule has 0 aliphatic heterocycles. The van der Waals surface area contributed by atoms with Crippen LogP contribution in [0.2, 0.25) is 5.02 Å². The van der Waals surface area contributed by atoms with Gasteiger partial charge in [-0.3, -0.25) is 4.90 Å². The molecule has 17 heavy (non-hydrogen) atoms. The van der Waals surface area contributed by atoms with Gasteiger partial charge < -0.3 is 5.73 Å². The van der Waals surface area contributed by atoms with Gasteiger partial charge >= 0.3 is 0 Å². The second-order valence-electron chi connectivity index (χ2n) is 5.36. The number of halogens is 1. The van der Waals surface area contributed by atoms with Gasteiger partial charge in [-0.1, -0.05) is 23.7 Å². The predicted octanol–water partition coefficient (Wildman–Crippen LogP) is 3.21. The van der Waals surface area contributed by atoms with Crippen LogP contribution >= 0.6 is 11.6 Å². The SMILES string of the molecule is CC(c1cccc(Cl)c1)N(C)CC1(N)CCC1. The molecule has 2 nitrogen and oxygen atoms in total. The molecular weight excluding hydrogens is 232 g/mol. The monoisotopic (exact) mass is 252 g/mol. The zero-order valence-electron chi connectivity index (χ0n) is 10.6. The molecule has 1 saturated carbocycles. The first-order valence-corrected chi connectivity index (χ1v) is 6.63. The Kier molecular flexibility index (Phi) is 3.76. The maximum absolute atomic E-state index is 6.28. The van der Waals surface area contributed by atoms with Gasteiger partial charge in [-0.2, -0.15) is 0 Å². The molecule has 0 spiro atoms. The van der Waals surface area contributed by atoms with Gasteiger partial charge in [0.1, 0.15) is 0 Å². The number of hydrogen-bond acceptors (Lipinski definition) is 2. The van der Waals surface area contributed by atoms with Crippen molar-refractivity contribution in [2.75, 3.05) is 13.6 Å². The van der Waals surface area contributed by atoms with Crippen LogP contribution < -0.4 is 5.73 Å². The molecule has 0 saturated heterocycles. The summed E-state index contributed by atoms with van der Waals surface area (Å²) in [5.41, 5.74) is 7.58. The smallest absolute Gasteiger partial charge is 0.0409 e. The van der Waals surface area contributed by atoms with E-state index in [1.807, 2.05) is 18.2 Å². The zero-order valence-corrected chi connectivity index (χ0v) is 11.4. The van der Waals surface area contributed by atoms with Crippen molar-refractivity contribution in [2.45, 2.75) is 37.8 Å². The van der Waals surface area contributed by atoms with Gasteiger partial charge in [0.25, 0.3) is 0 Å². The highest BCUT2D eigenvalue weighted by Crippen LogP contribution is 2.32. The fraction of sp³-hybridized carbons (Fsp3) is 0.571. The van der Waals surface area contributed by atoms with Crippen molar-refractivity contribution in [2.24, 2.45) is 5.73 Å². The molecule has 94 valence electrons. The number of likely N-dealkylation sites (N-methyl/N-ethyl adjacent to an activating group) is 1. The lowest BCUT2D eigenvalue weighted by atomic mass is 9.77. The first-order chi connectivity index (χ1) is 8.00. The Balaban J connectivity index is 2.01.